The summed E-state index contributed by atoms with van der Waals surface area (Å²) in [4.78, 5) is 11.0. The summed E-state index contributed by atoms with van der Waals surface area (Å²) in [6.07, 6.45) is 7.14. The number of carbonyl (C=O) groups excluding carboxylic acids is 1. The number of hydrogen-bond acceptors (Lipinski definition) is 4. The van der Waals surface area contributed by atoms with Crippen LogP contribution in [-0.2, 0) is 9.53 Å². The zero-order valence-corrected chi connectivity index (χ0v) is 12.6. The Bertz CT molecular complexity index is 236. The van der Waals surface area contributed by atoms with Gasteiger partial charge in [-0.2, -0.15) is 11.8 Å². The summed E-state index contributed by atoms with van der Waals surface area (Å²) in [5.41, 5.74) is 0. The van der Waals surface area contributed by atoms with E-state index in [1.807, 2.05) is 11.8 Å². The SMILES string of the molecule is CCCNC1CCCC1CCSCCC(=O)OC. The lowest BCUT2D eigenvalue weighted by atomic mass is 10.0. The highest BCUT2D eigenvalue weighted by Gasteiger charge is 2.25. The van der Waals surface area contributed by atoms with Crippen molar-refractivity contribution in [3.8, 4) is 0 Å². The second-order valence-electron chi connectivity index (χ2n) is 4.98. The van der Waals surface area contributed by atoms with E-state index in [0.29, 0.717) is 6.42 Å². The quantitative estimate of drug-likeness (QED) is 0.518. The van der Waals surface area contributed by atoms with Gasteiger partial charge in [0.15, 0.2) is 0 Å². The average Bonchev–Trinajstić information content (AvgIpc) is 2.83. The third-order valence-electron chi connectivity index (χ3n) is 3.63. The van der Waals surface area contributed by atoms with Crippen LogP contribution in [0, 0.1) is 5.92 Å². The maximum atomic E-state index is 11.0. The van der Waals surface area contributed by atoms with E-state index in [9.17, 15) is 4.79 Å². The molecule has 1 aliphatic rings. The summed E-state index contributed by atoms with van der Waals surface area (Å²) < 4.78 is 4.63. The normalized spacial score (nSPS) is 23.2. The lowest BCUT2D eigenvalue weighted by Gasteiger charge is -2.20. The van der Waals surface area contributed by atoms with E-state index in [1.54, 1.807) is 0 Å². The van der Waals surface area contributed by atoms with Gasteiger partial charge in [-0.25, -0.2) is 0 Å². The fourth-order valence-electron chi connectivity index (χ4n) is 2.58. The van der Waals surface area contributed by atoms with Crippen molar-refractivity contribution in [2.75, 3.05) is 25.2 Å². The van der Waals surface area contributed by atoms with Crippen LogP contribution in [0.2, 0.25) is 0 Å². The number of esters is 1. The second kappa shape index (κ2) is 9.68. The van der Waals surface area contributed by atoms with Gasteiger partial charge in [-0.05, 0) is 43.9 Å². The summed E-state index contributed by atoms with van der Waals surface area (Å²) >= 11 is 1.88. The zero-order valence-electron chi connectivity index (χ0n) is 11.7. The molecule has 4 heteroatoms. The van der Waals surface area contributed by atoms with Crippen LogP contribution in [0.15, 0.2) is 0 Å². The molecular weight excluding hydrogens is 246 g/mol. The van der Waals surface area contributed by atoms with E-state index in [0.717, 1.165) is 24.3 Å². The van der Waals surface area contributed by atoms with E-state index in [2.05, 4.69) is 17.0 Å². The minimum Gasteiger partial charge on any atom is -0.469 e. The fourth-order valence-corrected chi connectivity index (χ4v) is 3.56. The molecule has 1 rings (SSSR count). The van der Waals surface area contributed by atoms with E-state index < -0.39 is 0 Å². The van der Waals surface area contributed by atoms with Crippen LogP contribution in [0.3, 0.4) is 0 Å². The molecule has 18 heavy (non-hydrogen) atoms. The molecule has 0 spiro atoms. The van der Waals surface area contributed by atoms with Crippen molar-refractivity contribution >= 4 is 17.7 Å². The summed E-state index contributed by atoms with van der Waals surface area (Å²) in [7, 11) is 1.45. The van der Waals surface area contributed by atoms with Crippen molar-refractivity contribution in [3.63, 3.8) is 0 Å². The Labute approximate surface area is 115 Å². The highest BCUT2D eigenvalue weighted by molar-refractivity contribution is 7.99. The third kappa shape index (κ3) is 6.10. The molecule has 2 unspecified atom stereocenters. The lowest BCUT2D eigenvalue weighted by Crippen LogP contribution is -2.33. The molecule has 1 N–H and O–H groups in total. The topological polar surface area (TPSA) is 38.3 Å². The highest BCUT2D eigenvalue weighted by atomic mass is 32.2. The Morgan fingerprint density at radius 1 is 1.39 bits per heavy atom. The van der Waals surface area contributed by atoms with E-state index in [-0.39, 0.29) is 5.97 Å². The first-order chi connectivity index (χ1) is 8.77. The molecule has 3 nitrogen and oxygen atoms in total. The third-order valence-corrected chi connectivity index (χ3v) is 4.64. The molecule has 0 aromatic heterocycles. The smallest absolute Gasteiger partial charge is 0.306 e. The molecule has 1 aliphatic carbocycles. The van der Waals surface area contributed by atoms with E-state index in [1.165, 1.54) is 45.0 Å². The average molecular weight is 273 g/mol. The first-order valence-electron chi connectivity index (χ1n) is 7.15. The number of methoxy groups -OCH3 is 1. The Morgan fingerprint density at radius 3 is 2.94 bits per heavy atom. The van der Waals surface area contributed by atoms with Crippen molar-refractivity contribution in [2.45, 2.75) is 51.5 Å². The monoisotopic (exact) mass is 273 g/mol. The van der Waals surface area contributed by atoms with Crippen molar-refractivity contribution < 1.29 is 9.53 Å². The summed E-state index contributed by atoms with van der Waals surface area (Å²) in [6.45, 7) is 3.37. The number of nitrogens with one attached hydrogen (secondary N) is 1. The second-order valence-corrected chi connectivity index (χ2v) is 6.20. The molecule has 0 saturated heterocycles. The molecule has 0 aromatic carbocycles. The lowest BCUT2D eigenvalue weighted by molar-refractivity contribution is -0.140. The van der Waals surface area contributed by atoms with Gasteiger partial charge in [0, 0.05) is 11.8 Å². The molecule has 0 aliphatic heterocycles. The van der Waals surface area contributed by atoms with Gasteiger partial charge in [0.2, 0.25) is 0 Å². The minimum absolute atomic E-state index is 0.0918. The van der Waals surface area contributed by atoms with Crippen LogP contribution in [0.4, 0.5) is 0 Å². The first kappa shape index (κ1) is 15.8. The minimum atomic E-state index is -0.0918. The predicted molar refractivity (Wildman–Crippen MR) is 78.0 cm³/mol. The number of rotatable bonds is 9. The molecule has 1 fully saturated rings. The van der Waals surface area contributed by atoms with Crippen molar-refractivity contribution in [2.24, 2.45) is 5.92 Å². The van der Waals surface area contributed by atoms with Crippen molar-refractivity contribution in [1.82, 2.24) is 5.32 Å². The first-order valence-corrected chi connectivity index (χ1v) is 8.31. The van der Waals surface area contributed by atoms with Gasteiger partial charge in [0.25, 0.3) is 0 Å². The largest absolute Gasteiger partial charge is 0.469 e. The highest BCUT2D eigenvalue weighted by Crippen LogP contribution is 2.29. The number of carbonyl (C=O) groups is 1. The van der Waals surface area contributed by atoms with Gasteiger partial charge >= 0.3 is 5.97 Å². The van der Waals surface area contributed by atoms with Crippen molar-refractivity contribution in [1.29, 1.82) is 0 Å². The molecule has 106 valence electrons. The van der Waals surface area contributed by atoms with Gasteiger partial charge in [0.05, 0.1) is 13.5 Å². The Kier molecular flexibility index (Phi) is 8.51. The van der Waals surface area contributed by atoms with Crippen LogP contribution in [0.1, 0.15) is 45.4 Å². The molecule has 0 aromatic rings. The fraction of sp³-hybridized carbons (Fsp3) is 0.929. The molecule has 1 saturated carbocycles. The van der Waals surface area contributed by atoms with Crippen LogP contribution in [-0.4, -0.2) is 37.2 Å². The predicted octanol–water partition coefficient (Wildman–Crippen LogP) is 2.84. The Balaban J connectivity index is 2.05. The van der Waals surface area contributed by atoms with E-state index in [4.69, 9.17) is 0 Å². The number of hydrogen-bond donors (Lipinski definition) is 1. The molecule has 0 heterocycles. The van der Waals surface area contributed by atoms with Crippen LogP contribution in [0.25, 0.3) is 0 Å². The number of thioether (sulfide) groups is 1. The molecule has 0 bridgehead atoms. The molecular formula is C14H27NO2S. The van der Waals surface area contributed by atoms with Gasteiger partial charge in [0.1, 0.15) is 0 Å². The van der Waals surface area contributed by atoms with Crippen LogP contribution < -0.4 is 5.32 Å². The molecule has 0 amide bonds. The standard InChI is InChI=1S/C14H27NO2S/c1-3-9-15-13-6-4-5-12(13)7-10-18-11-8-14(16)17-2/h12-13,15H,3-11H2,1-2H3. The summed E-state index contributed by atoms with van der Waals surface area (Å²) in [5, 5.41) is 3.67. The Hall–Kier alpha value is -0.220. The van der Waals surface area contributed by atoms with E-state index >= 15 is 0 Å². The van der Waals surface area contributed by atoms with Gasteiger partial charge in [-0.1, -0.05) is 13.3 Å². The molecule has 0 radical (unpaired) electrons. The van der Waals surface area contributed by atoms with Gasteiger partial charge in [-0.3, -0.25) is 4.79 Å². The molecule has 2 atom stereocenters. The Morgan fingerprint density at radius 2 is 2.22 bits per heavy atom. The van der Waals surface area contributed by atoms with Crippen LogP contribution in [0.5, 0.6) is 0 Å². The number of ether oxygens (including phenoxy) is 1. The van der Waals surface area contributed by atoms with Crippen molar-refractivity contribution in [3.05, 3.63) is 0 Å². The van der Waals surface area contributed by atoms with Gasteiger partial charge in [-0.15, -0.1) is 0 Å². The maximum absolute atomic E-state index is 11.0. The summed E-state index contributed by atoms with van der Waals surface area (Å²) in [6, 6.07) is 0.742. The maximum Gasteiger partial charge on any atom is 0.306 e. The summed E-state index contributed by atoms with van der Waals surface area (Å²) in [5.74, 6) is 2.83. The zero-order chi connectivity index (χ0) is 13.2. The van der Waals surface area contributed by atoms with Crippen LogP contribution >= 0.6 is 11.8 Å². The van der Waals surface area contributed by atoms with Gasteiger partial charge < -0.3 is 10.1 Å².